The molecular weight excluding hydrogens is 150 g/mol. The molecule has 0 amide bonds. The van der Waals surface area contributed by atoms with Crippen molar-refractivity contribution in [2.45, 2.75) is 32.8 Å². The normalized spacial score (nSPS) is 13.9. The highest BCUT2D eigenvalue weighted by molar-refractivity contribution is 4.77. The van der Waals surface area contributed by atoms with Gasteiger partial charge in [0.25, 0.3) is 0 Å². The van der Waals surface area contributed by atoms with E-state index in [1.54, 1.807) is 0 Å². The van der Waals surface area contributed by atoms with Crippen LogP contribution in [0, 0.1) is 0 Å². The summed E-state index contributed by atoms with van der Waals surface area (Å²) in [5.41, 5.74) is 0. The van der Waals surface area contributed by atoms with Gasteiger partial charge in [0.1, 0.15) is 0 Å². The highest BCUT2D eigenvalue weighted by atomic mass is 16.5. The molecule has 0 saturated carbocycles. The topological polar surface area (TPSA) is 21.3 Å². The molecule has 0 aromatic heterocycles. The molecule has 0 aliphatic rings. The van der Waals surface area contributed by atoms with Crippen LogP contribution >= 0.6 is 0 Å². The van der Waals surface area contributed by atoms with Crippen LogP contribution in [0.25, 0.3) is 0 Å². The fourth-order valence-corrected chi connectivity index (χ4v) is 1.08. The van der Waals surface area contributed by atoms with Crippen molar-refractivity contribution in [1.29, 1.82) is 0 Å². The summed E-state index contributed by atoms with van der Waals surface area (Å²) < 4.78 is 5.61. The second kappa shape index (κ2) is 8.75. The van der Waals surface area contributed by atoms with Gasteiger partial charge in [0.2, 0.25) is 0 Å². The van der Waals surface area contributed by atoms with E-state index in [0.717, 1.165) is 19.6 Å². The predicted molar refractivity (Wildman–Crippen MR) is 53.4 cm³/mol. The molecule has 0 rings (SSSR count). The summed E-state index contributed by atoms with van der Waals surface area (Å²) in [6.45, 7) is 5.88. The van der Waals surface area contributed by atoms with Gasteiger partial charge in [-0.05, 0) is 20.4 Å². The number of hydrogen-bond acceptors (Lipinski definition) is 2. The van der Waals surface area contributed by atoms with E-state index in [-0.39, 0.29) is 0 Å². The van der Waals surface area contributed by atoms with Crippen LogP contribution in [0.5, 0.6) is 0 Å². The zero-order chi connectivity index (χ0) is 9.23. The third-order valence-electron chi connectivity index (χ3n) is 1.71. The van der Waals surface area contributed by atoms with Gasteiger partial charge in [0, 0.05) is 6.54 Å². The van der Waals surface area contributed by atoms with Crippen LogP contribution in [0.1, 0.15) is 26.7 Å². The Morgan fingerprint density at radius 1 is 1.50 bits per heavy atom. The van der Waals surface area contributed by atoms with Crippen LogP contribution in [0.4, 0.5) is 0 Å². The zero-order valence-corrected chi connectivity index (χ0v) is 8.47. The van der Waals surface area contributed by atoms with Gasteiger partial charge in [-0.2, -0.15) is 0 Å². The van der Waals surface area contributed by atoms with E-state index in [2.05, 4.69) is 12.2 Å². The van der Waals surface area contributed by atoms with Crippen LogP contribution in [-0.2, 0) is 4.74 Å². The lowest BCUT2D eigenvalue weighted by atomic mass is 10.2. The van der Waals surface area contributed by atoms with Crippen molar-refractivity contribution in [1.82, 2.24) is 5.32 Å². The maximum atomic E-state index is 5.61. The molecule has 1 atom stereocenters. The third kappa shape index (κ3) is 6.38. The van der Waals surface area contributed by atoms with E-state index in [9.17, 15) is 0 Å². The van der Waals surface area contributed by atoms with Crippen molar-refractivity contribution in [2.75, 3.05) is 20.2 Å². The summed E-state index contributed by atoms with van der Waals surface area (Å²) in [5.74, 6) is 0. The first kappa shape index (κ1) is 11.7. The summed E-state index contributed by atoms with van der Waals surface area (Å²) in [6, 6.07) is 0. The van der Waals surface area contributed by atoms with E-state index in [1.165, 1.54) is 6.42 Å². The lowest BCUT2D eigenvalue weighted by Crippen LogP contribution is -2.26. The predicted octanol–water partition coefficient (Wildman–Crippen LogP) is 1.97. The molecule has 0 heterocycles. The van der Waals surface area contributed by atoms with Crippen molar-refractivity contribution < 1.29 is 4.74 Å². The molecule has 0 spiro atoms. The number of ether oxygens (including phenoxy) is 1. The number of likely N-dealkylation sites (N-methyl/N-ethyl adjacent to an activating group) is 1. The van der Waals surface area contributed by atoms with Gasteiger partial charge in [-0.15, -0.1) is 0 Å². The molecule has 2 nitrogen and oxygen atoms in total. The van der Waals surface area contributed by atoms with E-state index in [0.29, 0.717) is 6.10 Å². The molecule has 0 saturated heterocycles. The fourth-order valence-electron chi connectivity index (χ4n) is 1.08. The number of nitrogens with one attached hydrogen (secondary N) is 1. The summed E-state index contributed by atoms with van der Waals surface area (Å²) in [4.78, 5) is 0. The maximum absolute atomic E-state index is 5.61. The van der Waals surface area contributed by atoms with Gasteiger partial charge in [0.15, 0.2) is 0 Å². The molecule has 1 N–H and O–H groups in total. The number of allylic oxidation sites excluding steroid dienone is 1. The van der Waals surface area contributed by atoms with Crippen LogP contribution in [-0.4, -0.2) is 26.3 Å². The monoisotopic (exact) mass is 171 g/mol. The fraction of sp³-hybridized carbons (Fsp3) is 0.800. The molecule has 0 bridgehead atoms. The van der Waals surface area contributed by atoms with Gasteiger partial charge < -0.3 is 10.1 Å². The van der Waals surface area contributed by atoms with Crippen LogP contribution in [0.15, 0.2) is 12.2 Å². The Labute approximate surface area is 76.0 Å². The van der Waals surface area contributed by atoms with Crippen molar-refractivity contribution in [3.63, 3.8) is 0 Å². The minimum Gasteiger partial charge on any atom is -0.373 e. The standard InChI is InChI=1S/C10H21NO/c1-4-6-8-12-10(7-5-2)9-11-3/h4,6,10-11H,5,7-9H2,1-3H3/b6-4+. The number of hydrogen-bond donors (Lipinski definition) is 1. The first-order valence-corrected chi connectivity index (χ1v) is 4.72. The first-order valence-electron chi connectivity index (χ1n) is 4.72. The average molecular weight is 171 g/mol. The lowest BCUT2D eigenvalue weighted by Gasteiger charge is -2.15. The zero-order valence-electron chi connectivity index (χ0n) is 8.47. The molecule has 12 heavy (non-hydrogen) atoms. The lowest BCUT2D eigenvalue weighted by molar-refractivity contribution is 0.0685. The molecular formula is C10H21NO. The van der Waals surface area contributed by atoms with Gasteiger partial charge in [-0.3, -0.25) is 0 Å². The summed E-state index contributed by atoms with van der Waals surface area (Å²) >= 11 is 0. The van der Waals surface area contributed by atoms with E-state index in [1.807, 2.05) is 26.1 Å². The van der Waals surface area contributed by atoms with Gasteiger partial charge >= 0.3 is 0 Å². The van der Waals surface area contributed by atoms with Gasteiger partial charge in [-0.25, -0.2) is 0 Å². The second-order valence-corrected chi connectivity index (χ2v) is 2.87. The highest BCUT2D eigenvalue weighted by Gasteiger charge is 2.04. The SMILES string of the molecule is C/C=C/COC(CCC)CNC. The van der Waals surface area contributed by atoms with E-state index in [4.69, 9.17) is 4.74 Å². The first-order chi connectivity index (χ1) is 5.85. The molecule has 0 fully saturated rings. The van der Waals surface area contributed by atoms with Crippen LogP contribution in [0.2, 0.25) is 0 Å². The van der Waals surface area contributed by atoms with Crippen LogP contribution in [0.3, 0.4) is 0 Å². The average Bonchev–Trinajstić information content (AvgIpc) is 2.06. The molecule has 1 unspecified atom stereocenters. The summed E-state index contributed by atoms with van der Waals surface area (Å²) in [7, 11) is 1.96. The Balaban J connectivity index is 3.47. The van der Waals surface area contributed by atoms with Gasteiger partial charge in [0.05, 0.1) is 12.7 Å². The largest absolute Gasteiger partial charge is 0.373 e. The molecule has 0 radical (unpaired) electrons. The van der Waals surface area contributed by atoms with E-state index >= 15 is 0 Å². The molecule has 2 heteroatoms. The smallest absolute Gasteiger partial charge is 0.0703 e. The quantitative estimate of drug-likeness (QED) is 0.591. The Morgan fingerprint density at radius 3 is 2.75 bits per heavy atom. The summed E-state index contributed by atoms with van der Waals surface area (Å²) in [6.07, 6.45) is 6.75. The Bertz CT molecular complexity index is 106. The molecule has 0 aromatic carbocycles. The van der Waals surface area contributed by atoms with Gasteiger partial charge in [-0.1, -0.05) is 25.5 Å². The second-order valence-electron chi connectivity index (χ2n) is 2.87. The minimum absolute atomic E-state index is 0.371. The van der Waals surface area contributed by atoms with Crippen molar-refractivity contribution >= 4 is 0 Å². The molecule has 72 valence electrons. The Kier molecular flexibility index (Phi) is 8.51. The molecule has 0 aliphatic carbocycles. The third-order valence-corrected chi connectivity index (χ3v) is 1.71. The van der Waals surface area contributed by atoms with Crippen LogP contribution < -0.4 is 5.32 Å². The minimum atomic E-state index is 0.371. The Hall–Kier alpha value is -0.340. The molecule has 0 aliphatic heterocycles. The number of rotatable bonds is 7. The van der Waals surface area contributed by atoms with Crippen molar-refractivity contribution in [3.05, 3.63) is 12.2 Å². The Morgan fingerprint density at radius 2 is 2.25 bits per heavy atom. The van der Waals surface area contributed by atoms with Crippen molar-refractivity contribution in [2.24, 2.45) is 0 Å². The molecule has 0 aromatic rings. The summed E-state index contributed by atoms with van der Waals surface area (Å²) in [5, 5.41) is 3.13. The highest BCUT2D eigenvalue weighted by Crippen LogP contribution is 2.00. The maximum Gasteiger partial charge on any atom is 0.0703 e. The van der Waals surface area contributed by atoms with Crippen molar-refractivity contribution in [3.8, 4) is 0 Å². The van der Waals surface area contributed by atoms with E-state index < -0.39 is 0 Å².